The molecule has 4 aliphatic rings. The van der Waals surface area contributed by atoms with E-state index < -0.39 is 58.9 Å². The van der Waals surface area contributed by atoms with Crippen molar-refractivity contribution in [2.75, 3.05) is 0 Å². The number of epoxide rings is 1. The first-order valence-corrected chi connectivity index (χ1v) is 12.2. The Balaban J connectivity index is 1.83. The highest BCUT2D eigenvalue weighted by Gasteiger charge is 2.85. The zero-order valence-corrected chi connectivity index (χ0v) is 20.8. The number of carbonyl (C=O) groups is 3. The Hall–Kier alpha value is -2.19. The predicted octanol–water partition coefficient (Wildman–Crippen LogP) is 3.01. The zero-order valence-electron chi connectivity index (χ0n) is 20.8. The van der Waals surface area contributed by atoms with Gasteiger partial charge in [-0.3, -0.25) is 9.59 Å². The number of fused-ring (bicyclic) bond motifs is 1. The van der Waals surface area contributed by atoms with Gasteiger partial charge in [0.2, 0.25) is 0 Å². The van der Waals surface area contributed by atoms with E-state index in [1.165, 1.54) is 6.92 Å². The monoisotopic (exact) mass is 476 g/mol. The normalized spacial score (nSPS) is 46.7. The van der Waals surface area contributed by atoms with Crippen molar-refractivity contribution in [2.24, 2.45) is 17.3 Å². The summed E-state index contributed by atoms with van der Waals surface area (Å²) in [7, 11) is 0. The lowest BCUT2D eigenvalue weighted by Gasteiger charge is -2.51. The fourth-order valence-corrected chi connectivity index (χ4v) is 6.36. The van der Waals surface area contributed by atoms with Crippen LogP contribution >= 0.6 is 0 Å². The second-order valence-electron chi connectivity index (χ2n) is 10.7. The van der Waals surface area contributed by atoms with E-state index in [4.69, 9.17) is 18.9 Å². The second kappa shape index (κ2) is 8.48. The van der Waals surface area contributed by atoms with Gasteiger partial charge < -0.3 is 24.1 Å². The molecule has 4 rings (SSSR count). The summed E-state index contributed by atoms with van der Waals surface area (Å²) in [5.74, 6) is -2.10. The summed E-state index contributed by atoms with van der Waals surface area (Å²) in [6, 6.07) is 0. The van der Waals surface area contributed by atoms with Crippen molar-refractivity contribution >= 4 is 17.9 Å². The van der Waals surface area contributed by atoms with Crippen LogP contribution in [0.15, 0.2) is 23.8 Å². The van der Waals surface area contributed by atoms with E-state index in [-0.39, 0.29) is 11.9 Å². The first-order chi connectivity index (χ1) is 15.9. The molecule has 0 aromatic carbocycles. The number of ether oxygens (including phenoxy) is 4. The molecule has 2 fully saturated rings. The maximum atomic E-state index is 12.7. The SMILES string of the molecule is CCCC(=O)O[C@H]1CC/C(C)=C\[C@@H]2OC(=O)C3(C)O[C@]23[C@@H](O)[C@H]2[C@@H](C)[C@@H](OC(C)=O)C=C[C@@]21C. The lowest BCUT2D eigenvalue weighted by molar-refractivity contribution is -0.173. The highest BCUT2D eigenvalue weighted by Crippen LogP contribution is 2.64. The molecule has 2 saturated heterocycles. The third-order valence-corrected chi connectivity index (χ3v) is 8.31. The van der Waals surface area contributed by atoms with Gasteiger partial charge in [0, 0.05) is 30.6 Å². The Morgan fingerprint density at radius 1 is 1.26 bits per heavy atom. The molecular formula is C26H36O8. The number of hydrogen-bond acceptors (Lipinski definition) is 8. The van der Waals surface area contributed by atoms with Gasteiger partial charge in [0.25, 0.3) is 0 Å². The quantitative estimate of drug-likeness (QED) is 0.285. The van der Waals surface area contributed by atoms with Gasteiger partial charge in [0.1, 0.15) is 12.2 Å². The minimum absolute atomic E-state index is 0.285. The number of esters is 3. The molecule has 0 aromatic heterocycles. The molecule has 1 N–H and O–H groups in total. The van der Waals surface area contributed by atoms with Gasteiger partial charge in [-0.15, -0.1) is 0 Å². The molecule has 0 radical (unpaired) electrons. The summed E-state index contributed by atoms with van der Waals surface area (Å²) in [6.07, 6.45) is 4.74. The van der Waals surface area contributed by atoms with Gasteiger partial charge in [-0.1, -0.05) is 32.4 Å². The number of hydrogen-bond donors (Lipinski definition) is 1. The van der Waals surface area contributed by atoms with Gasteiger partial charge in [-0.25, -0.2) is 4.79 Å². The number of aliphatic hydroxyl groups excluding tert-OH is 1. The van der Waals surface area contributed by atoms with E-state index in [0.29, 0.717) is 25.7 Å². The largest absolute Gasteiger partial charge is 0.461 e. The smallest absolute Gasteiger partial charge is 0.342 e. The Morgan fingerprint density at radius 2 is 1.97 bits per heavy atom. The van der Waals surface area contributed by atoms with Gasteiger partial charge in [0.15, 0.2) is 17.3 Å². The maximum absolute atomic E-state index is 12.7. The minimum Gasteiger partial charge on any atom is -0.461 e. The molecule has 34 heavy (non-hydrogen) atoms. The lowest BCUT2D eigenvalue weighted by atomic mass is 9.57. The molecule has 0 saturated carbocycles. The molecule has 9 atom stereocenters. The standard InChI is InChI=1S/C26H36O8/c1-7-8-20(28)32-18-10-9-14(2)13-19-26(25(6,34-26)23(30)33-19)22(29)21-15(3)17(31-16(4)27)11-12-24(18,21)5/h11-13,15,17-19,21-22,29H,7-10H2,1-6H3/b14-13-/t15-,17-,18-,19-,21+,22-,24+,25?,26-/m0/s1. The van der Waals surface area contributed by atoms with Crippen LogP contribution in [-0.4, -0.2) is 58.6 Å². The summed E-state index contributed by atoms with van der Waals surface area (Å²) >= 11 is 0. The van der Waals surface area contributed by atoms with E-state index in [9.17, 15) is 19.5 Å². The minimum atomic E-state index is -1.26. The van der Waals surface area contributed by atoms with Crippen LogP contribution in [0.1, 0.15) is 67.2 Å². The number of rotatable bonds is 4. The molecule has 8 heteroatoms. The van der Waals surface area contributed by atoms with Gasteiger partial charge in [-0.2, -0.15) is 0 Å². The molecule has 8 nitrogen and oxygen atoms in total. The van der Waals surface area contributed by atoms with Crippen LogP contribution < -0.4 is 0 Å². The molecule has 1 spiro atoms. The van der Waals surface area contributed by atoms with Crippen molar-refractivity contribution in [3.8, 4) is 0 Å². The van der Waals surface area contributed by atoms with Crippen LogP contribution in [0.3, 0.4) is 0 Å². The average Bonchev–Trinajstić information content (AvgIpc) is 3.34. The first kappa shape index (κ1) is 24.9. The van der Waals surface area contributed by atoms with Crippen LogP contribution in [0.4, 0.5) is 0 Å². The van der Waals surface area contributed by atoms with Crippen molar-refractivity contribution in [2.45, 2.75) is 103 Å². The molecule has 1 unspecified atom stereocenters. The summed E-state index contributed by atoms with van der Waals surface area (Å²) in [5, 5.41) is 12.0. The molecule has 2 aliphatic carbocycles. The average molecular weight is 477 g/mol. The molecule has 2 heterocycles. The summed E-state index contributed by atoms with van der Waals surface area (Å²) in [6.45, 7) is 10.7. The van der Waals surface area contributed by atoms with Crippen LogP contribution in [0.5, 0.6) is 0 Å². The Bertz CT molecular complexity index is 939. The van der Waals surface area contributed by atoms with Crippen molar-refractivity contribution < 1.29 is 38.4 Å². The van der Waals surface area contributed by atoms with Crippen molar-refractivity contribution in [3.05, 3.63) is 23.8 Å². The molecule has 0 aromatic rings. The Labute approximate surface area is 200 Å². The van der Waals surface area contributed by atoms with Gasteiger partial charge in [-0.05, 0) is 45.3 Å². The molecular weight excluding hydrogens is 440 g/mol. The van der Waals surface area contributed by atoms with Crippen LogP contribution in [0.2, 0.25) is 0 Å². The summed E-state index contributed by atoms with van der Waals surface area (Å²) in [4.78, 5) is 37.1. The number of aliphatic hydroxyl groups is 1. The van der Waals surface area contributed by atoms with Gasteiger partial charge in [0.05, 0.1) is 6.10 Å². The third kappa shape index (κ3) is 3.61. The third-order valence-electron chi connectivity index (χ3n) is 8.31. The Morgan fingerprint density at radius 3 is 2.59 bits per heavy atom. The predicted molar refractivity (Wildman–Crippen MR) is 121 cm³/mol. The second-order valence-corrected chi connectivity index (χ2v) is 10.7. The fourth-order valence-electron chi connectivity index (χ4n) is 6.36. The van der Waals surface area contributed by atoms with Crippen LogP contribution in [0, 0.1) is 17.3 Å². The highest BCUT2D eigenvalue weighted by molar-refractivity contribution is 5.88. The summed E-state index contributed by atoms with van der Waals surface area (Å²) < 4.78 is 23.3. The number of allylic oxidation sites excluding steroid dienone is 1. The van der Waals surface area contributed by atoms with E-state index in [0.717, 1.165) is 5.57 Å². The molecule has 0 bridgehead atoms. The van der Waals surface area contributed by atoms with E-state index in [2.05, 4.69) is 0 Å². The van der Waals surface area contributed by atoms with Crippen molar-refractivity contribution in [1.82, 2.24) is 0 Å². The highest BCUT2D eigenvalue weighted by atomic mass is 16.7. The van der Waals surface area contributed by atoms with Crippen LogP contribution in [0.25, 0.3) is 0 Å². The fraction of sp³-hybridized carbons (Fsp3) is 0.731. The van der Waals surface area contributed by atoms with E-state index in [1.807, 2.05) is 45.9 Å². The van der Waals surface area contributed by atoms with Crippen molar-refractivity contribution in [3.63, 3.8) is 0 Å². The molecule has 0 amide bonds. The first-order valence-electron chi connectivity index (χ1n) is 12.2. The van der Waals surface area contributed by atoms with Crippen LogP contribution in [-0.2, 0) is 33.3 Å². The number of carbonyl (C=O) groups excluding carboxylic acids is 3. The molecule has 188 valence electrons. The summed E-state index contributed by atoms with van der Waals surface area (Å²) in [5.41, 5.74) is -2.35. The van der Waals surface area contributed by atoms with Gasteiger partial charge >= 0.3 is 17.9 Å². The Kier molecular flexibility index (Phi) is 6.22. The van der Waals surface area contributed by atoms with Crippen molar-refractivity contribution in [1.29, 1.82) is 0 Å². The van der Waals surface area contributed by atoms with E-state index in [1.54, 1.807) is 6.92 Å². The lowest BCUT2D eigenvalue weighted by Crippen LogP contribution is -2.59. The molecule has 2 aliphatic heterocycles. The zero-order chi connectivity index (χ0) is 25.1. The van der Waals surface area contributed by atoms with E-state index >= 15 is 0 Å². The maximum Gasteiger partial charge on any atom is 0.342 e. The topological polar surface area (TPSA) is 112 Å².